The van der Waals surface area contributed by atoms with Gasteiger partial charge in [-0.05, 0) is 48.8 Å². The molecule has 24 heavy (non-hydrogen) atoms. The van der Waals surface area contributed by atoms with Gasteiger partial charge in [0.1, 0.15) is 5.82 Å². The van der Waals surface area contributed by atoms with Gasteiger partial charge in [-0.25, -0.2) is 4.39 Å². The van der Waals surface area contributed by atoms with E-state index in [1.807, 2.05) is 31.3 Å². The van der Waals surface area contributed by atoms with E-state index in [9.17, 15) is 9.18 Å². The molecule has 0 atom stereocenters. The number of hydrogen-bond acceptors (Lipinski definition) is 3. The van der Waals surface area contributed by atoms with E-state index in [1.54, 1.807) is 0 Å². The number of aromatic amines is 1. The molecule has 2 aromatic carbocycles. The van der Waals surface area contributed by atoms with Gasteiger partial charge in [0, 0.05) is 28.7 Å². The normalized spacial score (nSPS) is 11.1. The molecule has 4 nitrogen and oxygen atoms in total. The Balaban J connectivity index is 2.19. The van der Waals surface area contributed by atoms with Gasteiger partial charge in [0.15, 0.2) is 6.29 Å². The largest absolute Gasteiger partial charge is 0.354 e. The second kappa shape index (κ2) is 6.95. The Kier molecular flexibility index (Phi) is 4.74. The summed E-state index contributed by atoms with van der Waals surface area (Å²) in [7, 11) is 1.90. The zero-order valence-corrected chi connectivity index (χ0v) is 13.5. The Morgan fingerprint density at radius 3 is 2.62 bits per heavy atom. The molecule has 0 amide bonds. The molecule has 0 saturated heterocycles. The lowest BCUT2D eigenvalue weighted by atomic mass is 9.99. The molecule has 0 saturated carbocycles. The van der Waals surface area contributed by atoms with E-state index in [-0.39, 0.29) is 0 Å². The number of hydrogen-bond donors (Lipinski definition) is 3. The van der Waals surface area contributed by atoms with Crippen LogP contribution in [0.3, 0.4) is 0 Å². The molecule has 3 aromatic rings. The maximum absolute atomic E-state index is 13.7. The number of aldehydes is 1. The van der Waals surface area contributed by atoms with E-state index >= 15 is 0 Å². The fraction of sp³-hybridized carbons (Fsp3) is 0.211. The minimum Gasteiger partial charge on any atom is -0.354 e. The van der Waals surface area contributed by atoms with Crippen molar-refractivity contribution in [1.82, 2.24) is 10.3 Å². The summed E-state index contributed by atoms with van der Waals surface area (Å²) in [5, 5.41) is 3.87. The van der Waals surface area contributed by atoms with Crippen molar-refractivity contribution in [3.05, 3.63) is 58.9 Å². The van der Waals surface area contributed by atoms with Crippen LogP contribution in [0.4, 0.5) is 4.39 Å². The average Bonchev–Trinajstić information content (AvgIpc) is 2.94. The summed E-state index contributed by atoms with van der Waals surface area (Å²) < 4.78 is 13.7. The molecule has 0 aliphatic heterocycles. The van der Waals surface area contributed by atoms with Crippen molar-refractivity contribution in [1.29, 1.82) is 0 Å². The third-order valence-electron chi connectivity index (χ3n) is 4.14. The standard InChI is InChI=1S/C19H20FN3O/c1-22-10-12-2-4-13(5-3-12)19-16(6-7-21)18-14(11-24)8-15(20)9-17(18)23-19/h2-5,8-9,11,22-23H,6-7,10,21H2,1H3. The summed E-state index contributed by atoms with van der Waals surface area (Å²) in [5.74, 6) is -0.430. The van der Waals surface area contributed by atoms with Crippen molar-refractivity contribution in [3.8, 4) is 11.3 Å². The number of H-pyrrole nitrogens is 1. The third-order valence-corrected chi connectivity index (χ3v) is 4.14. The maximum atomic E-state index is 13.7. The van der Waals surface area contributed by atoms with Crippen LogP contribution < -0.4 is 11.1 Å². The van der Waals surface area contributed by atoms with Crippen LogP contribution in [0.2, 0.25) is 0 Å². The minimum atomic E-state index is -0.430. The quantitative estimate of drug-likeness (QED) is 0.610. The highest BCUT2D eigenvalue weighted by Gasteiger charge is 2.16. The van der Waals surface area contributed by atoms with Gasteiger partial charge in [0.2, 0.25) is 0 Å². The predicted molar refractivity (Wildman–Crippen MR) is 94.6 cm³/mol. The Morgan fingerprint density at radius 1 is 1.25 bits per heavy atom. The SMILES string of the molecule is CNCc1ccc(-c2[nH]c3cc(F)cc(C=O)c3c2CCN)cc1. The maximum Gasteiger partial charge on any atom is 0.150 e. The van der Waals surface area contributed by atoms with Crippen molar-refractivity contribution >= 4 is 17.2 Å². The van der Waals surface area contributed by atoms with E-state index in [1.165, 1.54) is 17.7 Å². The fourth-order valence-corrected chi connectivity index (χ4v) is 3.13. The summed E-state index contributed by atoms with van der Waals surface area (Å²) in [6, 6.07) is 10.8. The Bertz CT molecular complexity index is 868. The Labute approximate surface area is 139 Å². The number of halogens is 1. The number of nitrogens with two attached hydrogens (primary N) is 1. The number of aromatic nitrogens is 1. The van der Waals surface area contributed by atoms with Crippen LogP contribution in [-0.4, -0.2) is 24.9 Å². The molecule has 1 aromatic heterocycles. The first-order valence-electron chi connectivity index (χ1n) is 7.91. The van der Waals surface area contributed by atoms with Gasteiger partial charge in [-0.3, -0.25) is 4.79 Å². The van der Waals surface area contributed by atoms with Gasteiger partial charge in [0.05, 0.1) is 0 Å². The zero-order chi connectivity index (χ0) is 17.1. The number of fused-ring (bicyclic) bond motifs is 1. The predicted octanol–water partition coefficient (Wildman–Crippen LogP) is 3.01. The van der Waals surface area contributed by atoms with Crippen molar-refractivity contribution in [2.75, 3.05) is 13.6 Å². The van der Waals surface area contributed by atoms with E-state index in [2.05, 4.69) is 10.3 Å². The summed E-state index contributed by atoms with van der Waals surface area (Å²) in [5.41, 5.74) is 10.7. The molecule has 5 heteroatoms. The monoisotopic (exact) mass is 325 g/mol. The van der Waals surface area contributed by atoms with Crippen LogP contribution in [-0.2, 0) is 13.0 Å². The molecule has 0 unspecified atom stereocenters. The van der Waals surface area contributed by atoms with Crippen molar-refractivity contribution in [2.24, 2.45) is 5.73 Å². The lowest BCUT2D eigenvalue weighted by Crippen LogP contribution is -2.05. The van der Waals surface area contributed by atoms with E-state index < -0.39 is 5.82 Å². The lowest BCUT2D eigenvalue weighted by Gasteiger charge is -2.06. The first kappa shape index (κ1) is 16.4. The van der Waals surface area contributed by atoms with E-state index in [4.69, 9.17) is 5.73 Å². The summed E-state index contributed by atoms with van der Waals surface area (Å²) in [6.07, 6.45) is 1.30. The van der Waals surface area contributed by atoms with Gasteiger partial charge in [-0.2, -0.15) is 0 Å². The van der Waals surface area contributed by atoms with Gasteiger partial charge in [-0.15, -0.1) is 0 Å². The second-order valence-electron chi connectivity index (χ2n) is 5.78. The second-order valence-corrected chi connectivity index (χ2v) is 5.78. The lowest BCUT2D eigenvalue weighted by molar-refractivity contribution is 0.112. The van der Waals surface area contributed by atoms with Crippen molar-refractivity contribution in [3.63, 3.8) is 0 Å². The Hall–Kier alpha value is -2.50. The summed E-state index contributed by atoms with van der Waals surface area (Å²) in [6.45, 7) is 1.25. The van der Waals surface area contributed by atoms with Crippen LogP contribution in [0.25, 0.3) is 22.2 Å². The highest BCUT2D eigenvalue weighted by Crippen LogP contribution is 2.33. The van der Waals surface area contributed by atoms with Crippen LogP contribution in [0.15, 0.2) is 36.4 Å². The number of rotatable bonds is 6. The van der Waals surface area contributed by atoms with Crippen LogP contribution in [0, 0.1) is 5.82 Å². The molecule has 1 heterocycles. The fourth-order valence-electron chi connectivity index (χ4n) is 3.13. The summed E-state index contributed by atoms with van der Waals surface area (Å²) >= 11 is 0. The van der Waals surface area contributed by atoms with Crippen LogP contribution in [0.5, 0.6) is 0 Å². The highest BCUT2D eigenvalue weighted by atomic mass is 19.1. The molecule has 0 bridgehead atoms. The van der Waals surface area contributed by atoms with Gasteiger partial charge < -0.3 is 16.0 Å². The molecular formula is C19H20FN3O. The average molecular weight is 325 g/mol. The number of benzene rings is 2. The molecule has 0 fully saturated rings. The van der Waals surface area contributed by atoms with Crippen molar-refractivity contribution in [2.45, 2.75) is 13.0 Å². The molecular weight excluding hydrogens is 305 g/mol. The number of nitrogens with one attached hydrogen (secondary N) is 2. The zero-order valence-electron chi connectivity index (χ0n) is 13.5. The summed E-state index contributed by atoms with van der Waals surface area (Å²) in [4.78, 5) is 14.6. The molecule has 0 aliphatic carbocycles. The van der Waals surface area contributed by atoms with E-state index in [0.29, 0.717) is 30.3 Å². The first-order valence-corrected chi connectivity index (χ1v) is 7.91. The van der Waals surface area contributed by atoms with Crippen molar-refractivity contribution < 1.29 is 9.18 Å². The number of carbonyl (C=O) groups is 1. The van der Waals surface area contributed by atoms with Crippen LogP contribution >= 0.6 is 0 Å². The van der Waals surface area contributed by atoms with Crippen LogP contribution in [0.1, 0.15) is 21.5 Å². The minimum absolute atomic E-state index is 0.350. The molecule has 124 valence electrons. The molecule has 0 spiro atoms. The topological polar surface area (TPSA) is 70.9 Å². The van der Waals surface area contributed by atoms with E-state index in [0.717, 1.165) is 28.8 Å². The van der Waals surface area contributed by atoms with Gasteiger partial charge >= 0.3 is 0 Å². The molecule has 0 aliphatic rings. The Morgan fingerprint density at radius 2 is 2.00 bits per heavy atom. The van der Waals surface area contributed by atoms with Gasteiger partial charge in [-0.1, -0.05) is 24.3 Å². The smallest absolute Gasteiger partial charge is 0.150 e. The molecule has 3 rings (SSSR count). The number of carbonyl (C=O) groups excluding carboxylic acids is 1. The third kappa shape index (κ3) is 2.96. The van der Waals surface area contributed by atoms with Gasteiger partial charge in [0.25, 0.3) is 0 Å². The highest BCUT2D eigenvalue weighted by molar-refractivity contribution is 6.02. The first-order chi connectivity index (χ1) is 11.7. The molecule has 4 N–H and O–H groups in total. The molecule has 0 radical (unpaired) electrons.